The maximum Gasteiger partial charge on any atom is 0.268 e. The lowest BCUT2D eigenvalue weighted by molar-refractivity contribution is 0.102. The smallest absolute Gasteiger partial charge is 0.268 e. The van der Waals surface area contributed by atoms with Crippen molar-refractivity contribution in [1.29, 1.82) is 0 Å². The van der Waals surface area contributed by atoms with Gasteiger partial charge in [-0.25, -0.2) is 0 Å². The van der Waals surface area contributed by atoms with Crippen LogP contribution < -0.4 is 15.6 Å². The van der Waals surface area contributed by atoms with E-state index in [1.165, 1.54) is 0 Å². The number of rotatable bonds is 3. The van der Waals surface area contributed by atoms with Crippen molar-refractivity contribution in [3.63, 3.8) is 0 Å². The second-order valence-corrected chi connectivity index (χ2v) is 5.37. The van der Waals surface area contributed by atoms with Crippen LogP contribution in [0.4, 0.5) is 5.69 Å². The van der Waals surface area contributed by atoms with Crippen LogP contribution in [0.15, 0.2) is 58.1 Å². The third-order valence-electron chi connectivity index (χ3n) is 3.39. The number of nitrogens with zero attached hydrogens (tertiary/aromatic N) is 1. The number of hydrogen-bond donors (Lipinski definition) is 2. The van der Waals surface area contributed by atoms with Crippen LogP contribution in [0.5, 0.6) is 5.75 Å². The Balaban J connectivity index is 2.03. The van der Waals surface area contributed by atoms with Crippen molar-refractivity contribution in [1.82, 2.24) is 0 Å². The van der Waals surface area contributed by atoms with Gasteiger partial charge >= 0.3 is 0 Å². The van der Waals surface area contributed by atoms with Gasteiger partial charge in [-0.05, 0) is 53.7 Å². The van der Waals surface area contributed by atoms with Gasteiger partial charge in [-0.15, -0.1) is 0 Å². The van der Waals surface area contributed by atoms with Gasteiger partial charge in [0.05, 0.1) is 7.11 Å². The third-order valence-corrected chi connectivity index (χ3v) is 3.64. The summed E-state index contributed by atoms with van der Waals surface area (Å²) in [6.07, 6.45) is 0. The first-order chi connectivity index (χ1) is 11.6. The fraction of sp³-hybridized carbons (Fsp3) is 0.0588. The van der Waals surface area contributed by atoms with E-state index >= 15 is 0 Å². The number of carbonyl (C=O) groups is 1. The van der Waals surface area contributed by atoms with Crippen molar-refractivity contribution in [2.24, 2.45) is 5.16 Å². The number of anilines is 1. The summed E-state index contributed by atoms with van der Waals surface area (Å²) in [5.74, 6) is 0.147. The average molecular weight is 345 g/mol. The van der Waals surface area contributed by atoms with Gasteiger partial charge in [0, 0.05) is 16.1 Å². The zero-order chi connectivity index (χ0) is 17.1. The van der Waals surface area contributed by atoms with E-state index in [1.807, 2.05) is 0 Å². The quantitative estimate of drug-likeness (QED) is 0.561. The van der Waals surface area contributed by atoms with Crippen molar-refractivity contribution >= 4 is 34.2 Å². The molecule has 24 heavy (non-hydrogen) atoms. The second kappa shape index (κ2) is 6.64. The van der Waals surface area contributed by atoms with Gasteiger partial charge in [0.1, 0.15) is 16.9 Å². The fourth-order valence-electron chi connectivity index (χ4n) is 2.20. The molecule has 0 saturated carbocycles. The number of nitrogens with one attached hydrogen (secondary N) is 1. The number of ether oxygens (including phenoxy) is 1. The van der Waals surface area contributed by atoms with E-state index in [4.69, 9.17) is 26.0 Å². The van der Waals surface area contributed by atoms with Crippen molar-refractivity contribution in [2.45, 2.75) is 0 Å². The zero-order valence-corrected chi connectivity index (χ0v) is 13.4. The lowest BCUT2D eigenvalue weighted by Gasteiger charge is -2.07. The standard InChI is InChI=1S/C17H13ClN2O4/c1-23-13-6-7-15-10(8-13)9-14(17(20-22)24-15)16(21)19-12-4-2-11(18)3-5-12/h2-9,22H,1H3,(H,19,21). The van der Waals surface area contributed by atoms with E-state index in [0.717, 1.165) is 0 Å². The summed E-state index contributed by atoms with van der Waals surface area (Å²) < 4.78 is 10.6. The Morgan fingerprint density at radius 1 is 1.21 bits per heavy atom. The summed E-state index contributed by atoms with van der Waals surface area (Å²) >= 11 is 5.82. The number of carbonyl (C=O) groups excluding carboxylic acids is 1. The molecule has 0 aliphatic carbocycles. The molecule has 3 aromatic rings. The number of fused-ring (bicyclic) bond motifs is 1. The number of methoxy groups -OCH3 is 1. The molecule has 0 aliphatic rings. The molecule has 6 nitrogen and oxygen atoms in total. The average Bonchev–Trinajstić information content (AvgIpc) is 2.61. The summed E-state index contributed by atoms with van der Waals surface area (Å²) in [5, 5.41) is 16.1. The molecule has 1 aromatic heterocycles. The maximum atomic E-state index is 12.5. The molecule has 2 N–H and O–H groups in total. The Hall–Kier alpha value is -2.99. The number of amides is 1. The molecule has 0 unspecified atom stereocenters. The Morgan fingerprint density at radius 3 is 2.62 bits per heavy atom. The minimum atomic E-state index is -0.474. The van der Waals surface area contributed by atoms with Crippen molar-refractivity contribution < 1.29 is 19.2 Å². The van der Waals surface area contributed by atoms with Gasteiger partial charge in [0.2, 0.25) is 0 Å². The minimum absolute atomic E-state index is 0.0909. The maximum absolute atomic E-state index is 12.5. The molecule has 0 saturated heterocycles. The normalized spacial score (nSPS) is 11.5. The van der Waals surface area contributed by atoms with Crippen LogP contribution in [-0.2, 0) is 0 Å². The first kappa shape index (κ1) is 15.9. The lowest BCUT2D eigenvalue weighted by atomic mass is 10.1. The molecular formula is C17H13ClN2O4. The van der Waals surface area contributed by atoms with Crippen LogP contribution in [0.3, 0.4) is 0 Å². The SMILES string of the molecule is COc1ccc2oc(=NO)c(C(=O)Nc3ccc(Cl)cc3)cc2c1. The Labute approximate surface area is 141 Å². The van der Waals surface area contributed by atoms with Crippen LogP contribution in [-0.4, -0.2) is 18.2 Å². The Kier molecular flexibility index (Phi) is 4.39. The van der Waals surface area contributed by atoms with Crippen molar-refractivity contribution in [3.05, 3.63) is 64.7 Å². The van der Waals surface area contributed by atoms with Gasteiger partial charge in [0.25, 0.3) is 11.5 Å². The van der Waals surface area contributed by atoms with Gasteiger partial charge in [-0.1, -0.05) is 11.6 Å². The molecule has 1 heterocycles. The summed E-state index contributed by atoms with van der Waals surface area (Å²) in [4.78, 5) is 12.5. The predicted molar refractivity (Wildman–Crippen MR) is 89.5 cm³/mol. The number of benzene rings is 2. The van der Waals surface area contributed by atoms with Gasteiger partial charge in [0.15, 0.2) is 0 Å². The topological polar surface area (TPSA) is 84.1 Å². The van der Waals surface area contributed by atoms with Crippen molar-refractivity contribution in [2.75, 3.05) is 12.4 Å². The molecular weight excluding hydrogens is 332 g/mol. The summed E-state index contributed by atoms with van der Waals surface area (Å²) in [6.45, 7) is 0. The lowest BCUT2D eigenvalue weighted by Crippen LogP contribution is -2.21. The van der Waals surface area contributed by atoms with Gasteiger partial charge in [-0.3, -0.25) is 4.79 Å². The minimum Gasteiger partial charge on any atom is -0.497 e. The Morgan fingerprint density at radius 2 is 1.96 bits per heavy atom. The van der Waals surface area contributed by atoms with E-state index in [1.54, 1.807) is 55.6 Å². The highest BCUT2D eigenvalue weighted by molar-refractivity contribution is 6.30. The molecule has 1 amide bonds. The monoisotopic (exact) mass is 344 g/mol. The molecule has 0 atom stereocenters. The summed E-state index contributed by atoms with van der Waals surface area (Å²) in [6, 6.07) is 13.3. The first-order valence-corrected chi connectivity index (χ1v) is 7.35. The highest BCUT2D eigenvalue weighted by Crippen LogP contribution is 2.21. The van der Waals surface area contributed by atoms with E-state index in [0.29, 0.717) is 27.4 Å². The largest absolute Gasteiger partial charge is 0.497 e. The van der Waals surface area contributed by atoms with Gasteiger partial charge in [-0.2, -0.15) is 0 Å². The predicted octanol–water partition coefficient (Wildman–Crippen LogP) is 3.64. The fourth-order valence-corrected chi connectivity index (χ4v) is 2.33. The number of hydrogen-bond acceptors (Lipinski definition) is 5. The van der Waals surface area contributed by atoms with E-state index in [2.05, 4.69) is 10.5 Å². The third kappa shape index (κ3) is 3.18. The molecule has 0 fully saturated rings. The van der Waals surface area contributed by atoms with Crippen LogP contribution in [0.1, 0.15) is 10.4 Å². The van der Waals surface area contributed by atoms with E-state index < -0.39 is 5.91 Å². The van der Waals surface area contributed by atoms with Crippen LogP contribution >= 0.6 is 11.6 Å². The summed E-state index contributed by atoms with van der Waals surface area (Å²) in [7, 11) is 1.55. The van der Waals surface area contributed by atoms with E-state index in [9.17, 15) is 4.79 Å². The molecule has 0 aliphatic heterocycles. The molecule has 0 spiro atoms. The van der Waals surface area contributed by atoms with E-state index in [-0.39, 0.29) is 11.1 Å². The highest BCUT2D eigenvalue weighted by atomic mass is 35.5. The van der Waals surface area contributed by atoms with Crippen molar-refractivity contribution in [3.8, 4) is 5.75 Å². The highest BCUT2D eigenvalue weighted by Gasteiger charge is 2.13. The first-order valence-electron chi connectivity index (χ1n) is 6.97. The zero-order valence-electron chi connectivity index (χ0n) is 12.6. The molecule has 0 radical (unpaired) electrons. The molecule has 7 heteroatoms. The van der Waals surface area contributed by atoms with Gasteiger partial charge < -0.3 is 19.7 Å². The van der Waals surface area contributed by atoms with Crippen LogP contribution in [0.2, 0.25) is 5.02 Å². The molecule has 2 aromatic carbocycles. The van der Waals surface area contributed by atoms with Crippen LogP contribution in [0, 0.1) is 0 Å². The summed E-state index contributed by atoms with van der Waals surface area (Å²) in [5.41, 5.74) is 0.929. The van der Waals surface area contributed by atoms with Crippen LogP contribution in [0.25, 0.3) is 11.0 Å². The number of halogens is 1. The second-order valence-electron chi connectivity index (χ2n) is 4.93. The molecule has 122 valence electrons. The Bertz CT molecular complexity index is 964. The molecule has 0 bridgehead atoms. The molecule has 3 rings (SSSR count).